The molecule has 1 fully saturated rings. The van der Waals surface area contributed by atoms with Crippen LogP contribution < -0.4 is 5.56 Å². The number of hydrogen-bond acceptors (Lipinski definition) is 3. The molecule has 0 N–H and O–H groups in total. The van der Waals surface area contributed by atoms with Crippen molar-refractivity contribution in [2.45, 2.75) is 38.6 Å². The van der Waals surface area contributed by atoms with Gasteiger partial charge in [0.25, 0.3) is 11.5 Å². The molecule has 1 aliphatic heterocycles. The second-order valence-electron chi connectivity index (χ2n) is 6.76. The standard InChI is InChI=1S/C18H24N4O2/c1-13(2)17-19-7-10-22(17)15-5-4-8-21(12-15)18(24)14-6-9-20(3)16(23)11-14/h6-7,9-11,13,15H,4-5,8,12H2,1-3H3/t15-/m1/s1. The van der Waals surface area contributed by atoms with Crippen LogP contribution in [0.1, 0.15) is 54.8 Å². The molecule has 128 valence electrons. The first-order chi connectivity index (χ1) is 11.5. The number of aromatic nitrogens is 3. The second kappa shape index (κ2) is 6.63. The molecular weight excluding hydrogens is 304 g/mol. The molecule has 0 aromatic carbocycles. The highest BCUT2D eigenvalue weighted by Gasteiger charge is 2.27. The number of pyridine rings is 1. The Kier molecular flexibility index (Phi) is 4.55. The van der Waals surface area contributed by atoms with E-state index in [-0.39, 0.29) is 17.5 Å². The summed E-state index contributed by atoms with van der Waals surface area (Å²) in [5, 5.41) is 0. The van der Waals surface area contributed by atoms with Crippen LogP contribution in [-0.4, -0.2) is 38.0 Å². The van der Waals surface area contributed by atoms with Gasteiger partial charge in [-0.2, -0.15) is 0 Å². The molecule has 0 saturated carbocycles. The molecule has 1 amide bonds. The van der Waals surface area contributed by atoms with Crippen molar-refractivity contribution >= 4 is 5.91 Å². The monoisotopic (exact) mass is 328 g/mol. The minimum atomic E-state index is -0.161. The van der Waals surface area contributed by atoms with Gasteiger partial charge in [0.2, 0.25) is 0 Å². The molecule has 6 nitrogen and oxygen atoms in total. The van der Waals surface area contributed by atoms with Gasteiger partial charge in [-0.3, -0.25) is 9.59 Å². The van der Waals surface area contributed by atoms with Crippen LogP contribution in [0.5, 0.6) is 0 Å². The zero-order valence-corrected chi connectivity index (χ0v) is 14.5. The van der Waals surface area contributed by atoms with Gasteiger partial charge in [0.15, 0.2) is 0 Å². The molecule has 1 saturated heterocycles. The SMILES string of the molecule is CC(C)c1nccn1[C@@H]1CCCN(C(=O)c2ccn(C)c(=O)c2)C1. The van der Waals surface area contributed by atoms with Crippen molar-refractivity contribution in [3.05, 3.63) is 52.5 Å². The van der Waals surface area contributed by atoms with Gasteiger partial charge in [-0.05, 0) is 18.9 Å². The first kappa shape index (κ1) is 16.5. The third-order valence-electron chi connectivity index (χ3n) is 4.64. The van der Waals surface area contributed by atoms with E-state index in [0.29, 0.717) is 18.0 Å². The number of aryl methyl sites for hydroxylation is 1. The lowest BCUT2D eigenvalue weighted by molar-refractivity contribution is 0.0677. The molecule has 6 heteroatoms. The minimum Gasteiger partial charge on any atom is -0.337 e. The Bertz CT molecular complexity index is 790. The summed E-state index contributed by atoms with van der Waals surface area (Å²) in [5.74, 6) is 1.34. The van der Waals surface area contributed by atoms with Gasteiger partial charge in [0, 0.05) is 56.3 Å². The summed E-state index contributed by atoms with van der Waals surface area (Å²) in [6.07, 6.45) is 7.47. The van der Waals surface area contributed by atoms with Gasteiger partial charge in [-0.1, -0.05) is 13.8 Å². The topological polar surface area (TPSA) is 60.1 Å². The number of nitrogens with zero attached hydrogens (tertiary/aromatic N) is 4. The fourth-order valence-corrected chi connectivity index (χ4v) is 3.31. The number of carbonyl (C=O) groups is 1. The summed E-state index contributed by atoms with van der Waals surface area (Å²) < 4.78 is 3.67. The van der Waals surface area contributed by atoms with Crippen LogP contribution in [0.15, 0.2) is 35.5 Å². The zero-order valence-electron chi connectivity index (χ0n) is 14.5. The van der Waals surface area contributed by atoms with E-state index < -0.39 is 0 Å². The number of likely N-dealkylation sites (tertiary alicyclic amines) is 1. The van der Waals surface area contributed by atoms with Crippen molar-refractivity contribution in [1.29, 1.82) is 0 Å². The number of carbonyl (C=O) groups excluding carboxylic acids is 1. The fourth-order valence-electron chi connectivity index (χ4n) is 3.31. The molecular formula is C18H24N4O2. The number of hydrogen-bond donors (Lipinski definition) is 0. The highest BCUT2D eigenvalue weighted by Crippen LogP contribution is 2.26. The van der Waals surface area contributed by atoms with Crippen molar-refractivity contribution in [3.8, 4) is 0 Å². The largest absolute Gasteiger partial charge is 0.337 e. The number of amides is 1. The maximum Gasteiger partial charge on any atom is 0.254 e. The lowest BCUT2D eigenvalue weighted by Crippen LogP contribution is -2.41. The number of piperidine rings is 1. The molecule has 3 heterocycles. The highest BCUT2D eigenvalue weighted by molar-refractivity contribution is 5.94. The van der Waals surface area contributed by atoms with Crippen molar-refractivity contribution < 1.29 is 4.79 Å². The predicted molar refractivity (Wildman–Crippen MR) is 92.2 cm³/mol. The molecule has 0 radical (unpaired) electrons. The van der Waals surface area contributed by atoms with Crippen molar-refractivity contribution in [3.63, 3.8) is 0 Å². The molecule has 0 bridgehead atoms. The van der Waals surface area contributed by atoms with Crippen LogP contribution in [0.25, 0.3) is 0 Å². The van der Waals surface area contributed by atoms with Crippen molar-refractivity contribution in [1.82, 2.24) is 19.0 Å². The number of rotatable bonds is 3. The Morgan fingerprint density at radius 2 is 2.12 bits per heavy atom. The van der Waals surface area contributed by atoms with E-state index in [1.807, 2.05) is 17.3 Å². The zero-order chi connectivity index (χ0) is 17.3. The third kappa shape index (κ3) is 3.13. The molecule has 0 unspecified atom stereocenters. The van der Waals surface area contributed by atoms with Crippen LogP contribution in [-0.2, 0) is 7.05 Å². The quantitative estimate of drug-likeness (QED) is 0.868. The van der Waals surface area contributed by atoms with Crippen molar-refractivity contribution in [2.24, 2.45) is 7.05 Å². The average molecular weight is 328 g/mol. The van der Waals surface area contributed by atoms with Gasteiger partial charge in [0.05, 0.1) is 6.04 Å². The molecule has 0 aliphatic carbocycles. The number of imidazole rings is 1. The second-order valence-corrected chi connectivity index (χ2v) is 6.76. The maximum absolute atomic E-state index is 12.8. The normalized spacial score (nSPS) is 18.2. The van der Waals surface area contributed by atoms with Gasteiger partial charge in [-0.25, -0.2) is 4.98 Å². The average Bonchev–Trinajstić information content (AvgIpc) is 3.07. The smallest absolute Gasteiger partial charge is 0.254 e. The van der Waals surface area contributed by atoms with Crippen LogP contribution >= 0.6 is 0 Å². The van der Waals surface area contributed by atoms with Crippen LogP contribution in [0.2, 0.25) is 0 Å². The predicted octanol–water partition coefficient (Wildman–Crippen LogP) is 2.18. The fraction of sp³-hybridized carbons (Fsp3) is 0.500. The van der Waals surface area contributed by atoms with E-state index in [9.17, 15) is 9.59 Å². The van der Waals surface area contributed by atoms with E-state index >= 15 is 0 Å². The van der Waals surface area contributed by atoms with Gasteiger partial charge < -0.3 is 14.0 Å². The summed E-state index contributed by atoms with van der Waals surface area (Å²) in [4.78, 5) is 30.8. The lowest BCUT2D eigenvalue weighted by Gasteiger charge is -2.34. The van der Waals surface area contributed by atoms with Gasteiger partial charge >= 0.3 is 0 Å². The Hall–Kier alpha value is -2.37. The first-order valence-corrected chi connectivity index (χ1v) is 8.46. The molecule has 1 atom stereocenters. The van der Waals surface area contributed by atoms with E-state index in [1.165, 1.54) is 10.6 Å². The van der Waals surface area contributed by atoms with Gasteiger partial charge in [-0.15, -0.1) is 0 Å². The summed E-state index contributed by atoms with van der Waals surface area (Å²) in [5.41, 5.74) is 0.305. The molecule has 1 aliphatic rings. The Morgan fingerprint density at radius 3 is 2.83 bits per heavy atom. The van der Waals surface area contributed by atoms with E-state index in [1.54, 1.807) is 19.3 Å². The van der Waals surface area contributed by atoms with Crippen molar-refractivity contribution in [2.75, 3.05) is 13.1 Å². The Labute approximate surface area is 141 Å². The maximum atomic E-state index is 12.8. The summed E-state index contributed by atoms with van der Waals surface area (Å²) >= 11 is 0. The third-order valence-corrected chi connectivity index (χ3v) is 4.64. The minimum absolute atomic E-state index is 0.0661. The van der Waals surface area contributed by atoms with Crippen LogP contribution in [0.4, 0.5) is 0 Å². The summed E-state index contributed by atoms with van der Waals surface area (Å²) in [6.45, 7) is 5.65. The van der Waals surface area contributed by atoms with E-state index in [4.69, 9.17) is 0 Å². The van der Waals surface area contributed by atoms with Crippen LogP contribution in [0, 0.1) is 0 Å². The summed E-state index contributed by atoms with van der Waals surface area (Å²) in [7, 11) is 1.68. The molecule has 2 aromatic rings. The van der Waals surface area contributed by atoms with Crippen LogP contribution in [0.3, 0.4) is 0 Å². The molecule has 3 rings (SSSR count). The lowest BCUT2D eigenvalue weighted by atomic mass is 10.0. The van der Waals surface area contributed by atoms with Gasteiger partial charge in [0.1, 0.15) is 5.82 Å². The highest BCUT2D eigenvalue weighted by atomic mass is 16.2. The molecule has 0 spiro atoms. The molecule has 24 heavy (non-hydrogen) atoms. The van der Waals surface area contributed by atoms with E-state index in [0.717, 1.165) is 25.2 Å². The Morgan fingerprint density at radius 1 is 1.33 bits per heavy atom. The Balaban J connectivity index is 1.80. The molecule has 2 aromatic heterocycles. The summed E-state index contributed by atoms with van der Waals surface area (Å²) in [6, 6.07) is 3.38. The van der Waals surface area contributed by atoms with E-state index in [2.05, 4.69) is 23.4 Å². The first-order valence-electron chi connectivity index (χ1n) is 8.46.